The number of rotatable bonds is 2. The van der Waals surface area contributed by atoms with E-state index in [1.165, 1.54) is 0 Å². The molecule has 0 aromatic rings. The molecule has 0 aliphatic carbocycles. The van der Waals surface area contributed by atoms with Crippen LogP contribution in [0, 0.1) is 0 Å². The SMILES string of the molecule is CC(C)(C)OC(=O)N1CCCC[C@@H]1C(=O)NC1CCSCC1. The van der Waals surface area contributed by atoms with E-state index in [0.29, 0.717) is 6.54 Å². The Hall–Kier alpha value is -0.910. The normalized spacial score (nSPS) is 24.0. The molecule has 22 heavy (non-hydrogen) atoms. The zero-order chi connectivity index (χ0) is 16.2. The molecule has 5 nitrogen and oxygen atoms in total. The van der Waals surface area contributed by atoms with E-state index >= 15 is 0 Å². The van der Waals surface area contributed by atoms with Crippen molar-refractivity contribution in [1.82, 2.24) is 10.2 Å². The fourth-order valence-corrected chi connectivity index (χ4v) is 3.99. The van der Waals surface area contributed by atoms with Crippen molar-refractivity contribution in [3.63, 3.8) is 0 Å². The lowest BCUT2D eigenvalue weighted by Gasteiger charge is -2.36. The van der Waals surface area contributed by atoms with Crippen LogP contribution in [0.4, 0.5) is 4.79 Å². The number of carbonyl (C=O) groups is 2. The van der Waals surface area contributed by atoms with E-state index in [1.54, 1.807) is 4.90 Å². The van der Waals surface area contributed by atoms with E-state index in [2.05, 4.69) is 5.32 Å². The summed E-state index contributed by atoms with van der Waals surface area (Å²) in [6.45, 7) is 6.16. The fourth-order valence-electron chi connectivity index (χ4n) is 2.88. The first-order chi connectivity index (χ1) is 10.4. The molecule has 2 aliphatic rings. The fraction of sp³-hybridized carbons (Fsp3) is 0.875. The third kappa shape index (κ3) is 5.07. The molecule has 6 heteroatoms. The van der Waals surface area contributed by atoms with Crippen LogP contribution < -0.4 is 5.32 Å². The van der Waals surface area contributed by atoms with Gasteiger partial charge < -0.3 is 10.1 Å². The topological polar surface area (TPSA) is 58.6 Å². The lowest BCUT2D eigenvalue weighted by molar-refractivity contribution is -0.128. The van der Waals surface area contributed by atoms with Gasteiger partial charge in [0.2, 0.25) is 5.91 Å². The Kier molecular flexibility index (Phi) is 6.01. The number of nitrogens with zero attached hydrogens (tertiary/aromatic N) is 1. The first-order valence-electron chi connectivity index (χ1n) is 8.24. The van der Waals surface area contributed by atoms with Gasteiger partial charge in [-0.1, -0.05) is 0 Å². The molecule has 0 bridgehead atoms. The minimum absolute atomic E-state index is 0.0116. The summed E-state index contributed by atoms with van der Waals surface area (Å²) in [5, 5.41) is 3.13. The first kappa shape index (κ1) is 17.4. The highest BCUT2D eigenvalue weighted by molar-refractivity contribution is 7.99. The molecule has 0 saturated carbocycles. The summed E-state index contributed by atoms with van der Waals surface area (Å²) in [5.41, 5.74) is -0.532. The second kappa shape index (κ2) is 7.57. The zero-order valence-electron chi connectivity index (χ0n) is 13.9. The monoisotopic (exact) mass is 328 g/mol. The second-order valence-corrected chi connectivity index (χ2v) is 8.31. The van der Waals surface area contributed by atoms with Crippen LogP contribution in [-0.4, -0.2) is 52.6 Å². The molecule has 1 N–H and O–H groups in total. The molecule has 2 heterocycles. The Morgan fingerprint density at radius 3 is 2.45 bits per heavy atom. The molecule has 0 unspecified atom stereocenters. The summed E-state index contributed by atoms with van der Waals surface area (Å²) in [4.78, 5) is 26.5. The molecule has 2 rings (SSSR count). The number of piperidine rings is 1. The Morgan fingerprint density at radius 1 is 1.14 bits per heavy atom. The highest BCUT2D eigenvalue weighted by atomic mass is 32.2. The molecule has 2 aliphatic heterocycles. The number of thioether (sulfide) groups is 1. The van der Waals surface area contributed by atoms with E-state index in [1.807, 2.05) is 32.5 Å². The van der Waals surface area contributed by atoms with Gasteiger partial charge in [0.15, 0.2) is 0 Å². The van der Waals surface area contributed by atoms with Crippen LogP contribution in [0.2, 0.25) is 0 Å². The number of carbonyl (C=O) groups excluding carboxylic acids is 2. The van der Waals surface area contributed by atoms with E-state index in [9.17, 15) is 9.59 Å². The van der Waals surface area contributed by atoms with Crippen LogP contribution in [0.1, 0.15) is 52.9 Å². The summed E-state index contributed by atoms with van der Waals surface area (Å²) in [6.07, 6.45) is 4.32. The van der Waals surface area contributed by atoms with Gasteiger partial charge in [-0.15, -0.1) is 0 Å². The van der Waals surface area contributed by atoms with Crippen LogP contribution >= 0.6 is 11.8 Å². The van der Waals surface area contributed by atoms with Crippen LogP contribution in [0.25, 0.3) is 0 Å². The highest BCUT2D eigenvalue weighted by Gasteiger charge is 2.35. The van der Waals surface area contributed by atoms with Crippen LogP contribution in [0.5, 0.6) is 0 Å². The average Bonchev–Trinajstić information content (AvgIpc) is 2.46. The van der Waals surface area contributed by atoms with Gasteiger partial charge in [-0.25, -0.2) is 4.79 Å². The van der Waals surface area contributed by atoms with Gasteiger partial charge in [0.25, 0.3) is 0 Å². The van der Waals surface area contributed by atoms with Crippen molar-refractivity contribution in [2.24, 2.45) is 0 Å². The predicted octanol–water partition coefficient (Wildman–Crippen LogP) is 2.79. The third-order valence-corrected chi connectivity index (χ3v) is 5.05. The van der Waals surface area contributed by atoms with E-state index < -0.39 is 5.60 Å². The Morgan fingerprint density at radius 2 is 1.82 bits per heavy atom. The van der Waals surface area contributed by atoms with Crippen molar-refractivity contribution in [2.75, 3.05) is 18.1 Å². The maximum absolute atomic E-state index is 12.6. The maximum Gasteiger partial charge on any atom is 0.410 e. The molecule has 0 aromatic carbocycles. The van der Waals surface area contributed by atoms with Gasteiger partial charge >= 0.3 is 6.09 Å². The van der Waals surface area contributed by atoms with E-state index in [-0.39, 0.29) is 24.1 Å². The van der Waals surface area contributed by atoms with Gasteiger partial charge in [0.05, 0.1) is 0 Å². The van der Waals surface area contributed by atoms with Crippen LogP contribution in [-0.2, 0) is 9.53 Å². The van der Waals surface area contributed by atoms with Gasteiger partial charge in [-0.2, -0.15) is 11.8 Å². The number of nitrogens with one attached hydrogen (secondary N) is 1. The first-order valence-corrected chi connectivity index (χ1v) is 9.40. The van der Waals surface area contributed by atoms with E-state index in [4.69, 9.17) is 4.74 Å². The molecule has 0 radical (unpaired) electrons. The largest absolute Gasteiger partial charge is 0.444 e. The van der Waals surface area contributed by atoms with E-state index in [0.717, 1.165) is 43.6 Å². The standard InChI is InChI=1S/C16H28N2O3S/c1-16(2,3)21-15(20)18-9-5-4-6-13(18)14(19)17-12-7-10-22-11-8-12/h12-13H,4-11H2,1-3H3,(H,17,19)/t13-/m1/s1. The number of hydrogen-bond acceptors (Lipinski definition) is 4. The minimum Gasteiger partial charge on any atom is -0.444 e. The van der Waals surface area contributed by atoms with Gasteiger partial charge in [-0.05, 0) is 64.4 Å². The van der Waals surface area contributed by atoms with Gasteiger partial charge in [0, 0.05) is 12.6 Å². The molecule has 126 valence electrons. The van der Waals surface area contributed by atoms with Gasteiger partial charge in [0.1, 0.15) is 11.6 Å². The van der Waals surface area contributed by atoms with Crippen molar-refractivity contribution in [3.05, 3.63) is 0 Å². The highest BCUT2D eigenvalue weighted by Crippen LogP contribution is 2.22. The lowest BCUT2D eigenvalue weighted by Crippen LogP contribution is -2.55. The second-order valence-electron chi connectivity index (χ2n) is 7.08. The van der Waals surface area contributed by atoms with Crippen LogP contribution in [0.3, 0.4) is 0 Å². The number of likely N-dealkylation sites (tertiary alicyclic amines) is 1. The van der Waals surface area contributed by atoms with Gasteiger partial charge in [-0.3, -0.25) is 9.69 Å². The molecule has 2 fully saturated rings. The molecule has 1 atom stereocenters. The quantitative estimate of drug-likeness (QED) is 0.847. The summed E-state index contributed by atoms with van der Waals surface area (Å²) in [6, 6.07) is -0.116. The summed E-state index contributed by atoms with van der Waals surface area (Å²) in [5.74, 6) is 2.19. The Bertz CT molecular complexity index is 403. The minimum atomic E-state index is -0.532. The Balaban J connectivity index is 1.96. The average molecular weight is 328 g/mol. The van der Waals surface area contributed by atoms with Crippen molar-refractivity contribution in [2.45, 2.75) is 70.6 Å². The summed E-state index contributed by atoms with van der Waals surface area (Å²) < 4.78 is 5.45. The van der Waals surface area contributed by atoms with Crippen molar-refractivity contribution < 1.29 is 14.3 Å². The molecule has 2 saturated heterocycles. The lowest BCUT2D eigenvalue weighted by atomic mass is 10.0. The summed E-state index contributed by atoms with van der Waals surface area (Å²) in [7, 11) is 0. The van der Waals surface area contributed by atoms with Crippen molar-refractivity contribution in [3.8, 4) is 0 Å². The number of amides is 2. The number of hydrogen-bond donors (Lipinski definition) is 1. The molecule has 2 amide bonds. The maximum atomic E-state index is 12.6. The molecule has 0 aromatic heterocycles. The molecular formula is C16H28N2O3S. The van der Waals surface area contributed by atoms with Crippen molar-refractivity contribution >= 4 is 23.8 Å². The number of ether oxygens (including phenoxy) is 1. The molecular weight excluding hydrogens is 300 g/mol. The summed E-state index contributed by atoms with van der Waals surface area (Å²) >= 11 is 1.94. The van der Waals surface area contributed by atoms with Crippen molar-refractivity contribution in [1.29, 1.82) is 0 Å². The third-order valence-electron chi connectivity index (χ3n) is 4.00. The molecule has 0 spiro atoms. The Labute approximate surface area is 137 Å². The predicted molar refractivity (Wildman–Crippen MR) is 89.1 cm³/mol. The zero-order valence-corrected chi connectivity index (χ0v) is 14.7. The van der Waals surface area contributed by atoms with Crippen LogP contribution in [0.15, 0.2) is 0 Å². The smallest absolute Gasteiger partial charge is 0.410 e.